The smallest absolute Gasteiger partial charge is 0.391 e. The van der Waals surface area contributed by atoms with Crippen molar-refractivity contribution in [2.75, 3.05) is 6.61 Å². The summed E-state index contributed by atoms with van der Waals surface area (Å²) in [6.45, 7) is 4.01. The standard InChI is InChI=1S/C25H52NO6P/c1-3-5-7-9-11-13-14-16-18-20-24(27)23(22-32-33(29,30)31)26-25(28)21-19-17-15-12-10-8-6-4-2/h23-24,27H,3-22H2,1-2H3,(H,26,28)(H2,29,30,31)/t23-,24+/m0/s1. The Hall–Kier alpha value is -0.460. The first kappa shape index (κ1) is 32.5. The zero-order valence-corrected chi connectivity index (χ0v) is 22.2. The molecule has 0 aliphatic heterocycles. The lowest BCUT2D eigenvalue weighted by atomic mass is 10.0. The molecule has 8 heteroatoms. The molecule has 0 bridgehead atoms. The molecule has 0 unspecified atom stereocenters. The maximum atomic E-state index is 12.3. The predicted molar refractivity (Wildman–Crippen MR) is 135 cm³/mol. The Labute approximate surface area is 202 Å². The molecular weight excluding hydrogens is 441 g/mol. The molecule has 4 N–H and O–H groups in total. The van der Waals surface area contributed by atoms with Gasteiger partial charge in [-0.1, -0.05) is 117 Å². The van der Waals surface area contributed by atoms with Crippen molar-refractivity contribution in [2.45, 2.75) is 148 Å². The summed E-state index contributed by atoms with van der Waals surface area (Å²) in [5, 5.41) is 13.3. The topological polar surface area (TPSA) is 116 Å². The second-order valence-corrected chi connectivity index (χ2v) is 10.6. The summed E-state index contributed by atoms with van der Waals surface area (Å²) in [6.07, 6.45) is 19.6. The van der Waals surface area contributed by atoms with Crippen LogP contribution in [0.25, 0.3) is 0 Å². The lowest BCUT2D eigenvalue weighted by Crippen LogP contribution is -2.46. The SMILES string of the molecule is CCCCCCCCCCC[C@@H](O)[C@H](COP(=O)(O)O)NC(=O)CCCCCCCCCC. The summed E-state index contributed by atoms with van der Waals surface area (Å²) in [6, 6.07) is -0.812. The van der Waals surface area contributed by atoms with E-state index < -0.39 is 26.6 Å². The molecule has 0 rings (SSSR count). The Balaban J connectivity index is 4.17. The fourth-order valence-electron chi connectivity index (χ4n) is 3.99. The molecule has 0 radical (unpaired) electrons. The number of amides is 1. The number of aliphatic hydroxyl groups excluding tert-OH is 1. The molecule has 0 fully saturated rings. The highest BCUT2D eigenvalue weighted by molar-refractivity contribution is 7.46. The number of nitrogens with one attached hydrogen (secondary N) is 1. The van der Waals surface area contributed by atoms with E-state index in [9.17, 15) is 14.5 Å². The molecule has 1 amide bonds. The first-order chi connectivity index (χ1) is 15.8. The molecule has 0 aromatic carbocycles. The van der Waals surface area contributed by atoms with Crippen LogP contribution in [0, 0.1) is 0 Å². The lowest BCUT2D eigenvalue weighted by Gasteiger charge is -2.24. The van der Waals surface area contributed by atoms with Crippen LogP contribution in [0.2, 0.25) is 0 Å². The number of phosphoric ester groups is 1. The van der Waals surface area contributed by atoms with Crippen molar-refractivity contribution in [1.29, 1.82) is 0 Å². The minimum atomic E-state index is -4.66. The van der Waals surface area contributed by atoms with E-state index in [-0.39, 0.29) is 5.91 Å². The Morgan fingerprint density at radius 3 is 1.64 bits per heavy atom. The van der Waals surface area contributed by atoms with E-state index >= 15 is 0 Å². The molecule has 0 aromatic rings. The third-order valence-electron chi connectivity index (χ3n) is 6.09. The van der Waals surface area contributed by atoms with Crippen LogP contribution < -0.4 is 5.32 Å². The molecule has 0 aliphatic rings. The highest BCUT2D eigenvalue weighted by Crippen LogP contribution is 2.36. The molecule has 0 spiro atoms. The Bertz CT molecular complexity index is 499. The van der Waals surface area contributed by atoms with Crippen molar-refractivity contribution in [3.63, 3.8) is 0 Å². The van der Waals surface area contributed by atoms with Crippen LogP contribution >= 0.6 is 7.82 Å². The molecule has 0 aromatic heterocycles. The van der Waals surface area contributed by atoms with Crippen LogP contribution in [0.5, 0.6) is 0 Å². The number of hydrogen-bond donors (Lipinski definition) is 4. The zero-order valence-electron chi connectivity index (χ0n) is 21.3. The van der Waals surface area contributed by atoms with Gasteiger partial charge in [-0.05, 0) is 12.8 Å². The summed E-state index contributed by atoms with van der Waals surface area (Å²) >= 11 is 0. The minimum absolute atomic E-state index is 0.202. The summed E-state index contributed by atoms with van der Waals surface area (Å²) in [7, 11) is -4.66. The van der Waals surface area contributed by atoms with Crippen LogP contribution in [0.4, 0.5) is 0 Å². The molecular formula is C25H52NO6P. The van der Waals surface area contributed by atoms with Crippen LogP contribution in [0.15, 0.2) is 0 Å². The normalized spacial score (nSPS) is 13.7. The lowest BCUT2D eigenvalue weighted by molar-refractivity contribution is -0.123. The quantitative estimate of drug-likeness (QED) is 0.0914. The van der Waals surface area contributed by atoms with Gasteiger partial charge in [0, 0.05) is 6.42 Å². The number of phosphoric acid groups is 1. The summed E-state index contributed by atoms with van der Waals surface area (Å²) in [5.74, 6) is -0.202. The van der Waals surface area contributed by atoms with Crippen LogP contribution in [0.1, 0.15) is 136 Å². The van der Waals surface area contributed by atoms with E-state index in [2.05, 4.69) is 23.7 Å². The first-order valence-corrected chi connectivity index (χ1v) is 15.0. The number of unbranched alkanes of at least 4 members (excludes halogenated alkanes) is 15. The number of aliphatic hydroxyl groups is 1. The van der Waals surface area contributed by atoms with Gasteiger partial charge < -0.3 is 20.2 Å². The number of carbonyl (C=O) groups excluding carboxylic acids is 1. The van der Waals surface area contributed by atoms with E-state index in [1.807, 2.05) is 0 Å². The zero-order chi connectivity index (χ0) is 24.8. The average molecular weight is 494 g/mol. The number of rotatable bonds is 24. The maximum absolute atomic E-state index is 12.3. The van der Waals surface area contributed by atoms with Gasteiger partial charge in [-0.25, -0.2) is 4.57 Å². The van der Waals surface area contributed by atoms with Gasteiger partial charge in [0.1, 0.15) is 0 Å². The third kappa shape index (κ3) is 23.1. The fourth-order valence-corrected chi connectivity index (χ4v) is 4.34. The van der Waals surface area contributed by atoms with Gasteiger partial charge in [-0.3, -0.25) is 9.32 Å². The van der Waals surface area contributed by atoms with Crippen LogP contribution in [-0.2, 0) is 13.9 Å². The van der Waals surface area contributed by atoms with Gasteiger partial charge in [-0.2, -0.15) is 0 Å². The average Bonchev–Trinajstić information content (AvgIpc) is 2.76. The predicted octanol–water partition coefficient (Wildman–Crippen LogP) is 6.39. The van der Waals surface area contributed by atoms with Gasteiger partial charge in [-0.15, -0.1) is 0 Å². The molecule has 0 saturated heterocycles. The maximum Gasteiger partial charge on any atom is 0.469 e. The fraction of sp³-hybridized carbons (Fsp3) is 0.960. The molecule has 198 valence electrons. The van der Waals surface area contributed by atoms with Gasteiger partial charge >= 0.3 is 7.82 Å². The minimum Gasteiger partial charge on any atom is -0.391 e. The van der Waals surface area contributed by atoms with Gasteiger partial charge in [0.15, 0.2) is 0 Å². The van der Waals surface area contributed by atoms with E-state index in [1.54, 1.807) is 0 Å². The largest absolute Gasteiger partial charge is 0.469 e. The number of hydrogen-bond acceptors (Lipinski definition) is 4. The van der Waals surface area contributed by atoms with Crippen molar-refractivity contribution in [1.82, 2.24) is 5.32 Å². The molecule has 0 saturated carbocycles. The molecule has 0 heterocycles. The van der Waals surface area contributed by atoms with Crippen LogP contribution in [0.3, 0.4) is 0 Å². The summed E-state index contributed by atoms with van der Waals surface area (Å²) in [5.41, 5.74) is 0. The summed E-state index contributed by atoms with van der Waals surface area (Å²) in [4.78, 5) is 30.3. The van der Waals surface area contributed by atoms with Gasteiger partial charge in [0.05, 0.1) is 18.8 Å². The second-order valence-electron chi connectivity index (χ2n) is 9.37. The summed E-state index contributed by atoms with van der Waals surface area (Å²) < 4.78 is 15.7. The van der Waals surface area contributed by atoms with Crippen molar-refractivity contribution < 1.29 is 28.8 Å². The Morgan fingerprint density at radius 2 is 1.18 bits per heavy atom. The van der Waals surface area contributed by atoms with Crippen LogP contribution in [-0.4, -0.2) is 39.6 Å². The molecule has 2 atom stereocenters. The Kier molecular flexibility index (Phi) is 21.7. The highest BCUT2D eigenvalue weighted by Gasteiger charge is 2.25. The van der Waals surface area contributed by atoms with Crippen molar-refractivity contribution in [3.05, 3.63) is 0 Å². The Morgan fingerprint density at radius 1 is 0.758 bits per heavy atom. The van der Waals surface area contributed by atoms with E-state index in [0.717, 1.165) is 38.5 Å². The molecule has 7 nitrogen and oxygen atoms in total. The highest BCUT2D eigenvalue weighted by atomic mass is 31.2. The first-order valence-electron chi connectivity index (χ1n) is 13.5. The monoisotopic (exact) mass is 493 g/mol. The van der Waals surface area contributed by atoms with Gasteiger partial charge in [0.2, 0.25) is 5.91 Å². The van der Waals surface area contributed by atoms with Crippen molar-refractivity contribution >= 4 is 13.7 Å². The van der Waals surface area contributed by atoms with Crippen molar-refractivity contribution in [2.24, 2.45) is 0 Å². The molecule has 33 heavy (non-hydrogen) atoms. The van der Waals surface area contributed by atoms with E-state index in [0.29, 0.717) is 12.8 Å². The molecule has 0 aliphatic carbocycles. The second kappa shape index (κ2) is 22.0. The third-order valence-corrected chi connectivity index (χ3v) is 6.58. The van der Waals surface area contributed by atoms with Gasteiger partial charge in [0.25, 0.3) is 0 Å². The van der Waals surface area contributed by atoms with E-state index in [4.69, 9.17) is 9.79 Å². The van der Waals surface area contributed by atoms with E-state index in [1.165, 1.54) is 70.6 Å². The number of carbonyl (C=O) groups is 1. The van der Waals surface area contributed by atoms with Crippen molar-refractivity contribution in [3.8, 4) is 0 Å².